The van der Waals surface area contributed by atoms with Gasteiger partial charge in [-0.15, -0.1) is 11.3 Å². The van der Waals surface area contributed by atoms with Gasteiger partial charge in [0.15, 0.2) is 5.13 Å². The number of thiazole rings is 1. The molecule has 0 spiro atoms. The first-order valence-electron chi connectivity index (χ1n) is 7.65. The first-order valence-corrected chi connectivity index (χ1v) is 8.53. The highest BCUT2D eigenvalue weighted by Gasteiger charge is 2.05. The molecular weight excluding hydrogens is 354 g/mol. The highest BCUT2D eigenvalue weighted by Crippen LogP contribution is 2.15. The number of carbonyl (C=O) groups is 2. The molecule has 0 radical (unpaired) electrons. The summed E-state index contributed by atoms with van der Waals surface area (Å²) >= 11 is 1.28. The maximum atomic E-state index is 11.8. The van der Waals surface area contributed by atoms with Gasteiger partial charge in [0, 0.05) is 17.5 Å². The summed E-state index contributed by atoms with van der Waals surface area (Å²) in [7, 11) is 0. The summed E-state index contributed by atoms with van der Waals surface area (Å²) in [4.78, 5) is 27.8. The third-order valence-corrected chi connectivity index (χ3v) is 3.92. The van der Waals surface area contributed by atoms with Crippen LogP contribution >= 0.6 is 11.3 Å². The zero-order chi connectivity index (χ0) is 18.2. The van der Waals surface area contributed by atoms with Gasteiger partial charge in [-0.3, -0.25) is 14.9 Å². The zero-order valence-electron chi connectivity index (χ0n) is 13.5. The van der Waals surface area contributed by atoms with Crippen molar-refractivity contribution in [2.75, 3.05) is 5.32 Å². The molecule has 0 atom stereocenters. The Kier molecular flexibility index (Phi) is 5.79. The second-order valence-corrected chi connectivity index (χ2v) is 5.91. The van der Waals surface area contributed by atoms with Crippen molar-refractivity contribution in [2.45, 2.75) is 6.54 Å². The molecule has 0 saturated carbocycles. The fourth-order valence-corrected chi connectivity index (χ4v) is 2.63. The van der Waals surface area contributed by atoms with Crippen LogP contribution in [-0.4, -0.2) is 16.8 Å². The van der Waals surface area contributed by atoms with Gasteiger partial charge in [0.05, 0.1) is 24.8 Å². The fraction of sp³-hybridized carbons (Fsp3) is 0.0556. The number of hydrogen-bond donors (Lipinski definition) is 2. The molecule has 132 valence electrons. The van der Waals surface area contributed by atoms with Crippen molar-refractivity contribution in [2.24, 2.45) is 0 Å². The van der Waals surface area contributed by atoms with Crippen LogP contribution < -0.4 is 10.6 Å². The van der Waals surface area contributed by atoms with Crippen molar-refractivity contribution in [1.29, 1.82) is 0 Å². The number of carbonyl (C=O) groups excluding carboxylic acids is 2. The second kappa shape index (κ2) is 8.63. The van der Waals surface area contributed by atoms with Gasteiger partial charge < -0.3 is 14.2 Å². The van der Waals surface area contributed by atoms with E-state index in [-0.39, 0.29) is 18.4 Å². The van der Waals surface area contributed by atoms with Gasteiger partial charge in [0.1, 0.15) is 11.5 Å². The Labute approximate surface area is 153 Å². The predicted molar refractivity (Wildman–Crippen MR) is 98.1 cm³/mol. The largest absolute Gasteiger partial charge is 0.465 e. The number of aromatic nitrogens is 1. The molecule has 0 aliphatic carbocycles. The van der Waals surface area contributed by atoms with Crippen LogP contribution in [0.5, 0.6) is 0 Å². The smallest absolute Gasteiger partial charge is 0.250 e. The topological polar surface area (TPSA) is 97.4 Å². The van der Waals surface area contributed by atoms with Crippen LogP contribution in [0.25, 0.3) is 12.2 Å². The van der Waals surface area contributed by atoms with Crippen molar-refractivity contribution in [3.63, 3.8) is 0 Å². The lowest BCUT2D eigenvalue weighted by molar-refractivity contribution is -0.116. The van der Waals surface area contributed by atoms with E-state index in [9.17, 15) is 9.59 Å². The van der Waals surface area contributed by atoms with Crippen LogP contribution in [0, 0.1) is 0 Å². The Morgan fingerprint density at radius 3 is 2.31 bits per heavy atom. The van der Waals surface area contributed by atoms with E-state index >= 15 is 0 Å². The lowest BCUT2D eigenvalue weighted by Gasteiger charge is -1.98. The normalized spacial score (nSPS) is 11.2. The van der Waals surface area contributed by atoms with Gasteiger partial charge in [-0.05, 0) is 36.4 Å². The van der Waals surface area contributed by atoms with Gasteiger partial charge in [0.25, 0.3) is 0 Å². The van der Waals surface area contributed by atoms with Crippen molar-refractivity contribution < 1.29 is 18.4 Å². The van der Waals surface area contributed by atoms with Gasteiger partial charge >= 0.3 is 0 Å². The molecule has 2 N–H and O–H groups in total. The molecular formula is C18H15N3O4S. The minimum Gasteiger partial charge on any atom is -0.465 e. The zero-order valence-corrected chi connectivity index (χ0v) is 14.4. The van der Waals surface area contributed by atoms with Crippen LogP contribution in [0.15, 0.2) is 63.2 Å². The highest BCUT2D eigenvalue weighted by molar-refractivity contribution is 7.13. The van der Waals surface area contributed by atoms with Crippen molar-refractivity contribution >= 4 is 40.4 Å². The molecule has 3 aromatic heterocycles. The number of nitrogens with one attached hydrogen (secondary N) is 2. The summed E-state index contributed by atoms with van der Waals surface area (Å²) in [6.45, 7) is 0.260. The Bertz CT molecular complexity index is 908. The van der Waals surface area contributed by atoms with Crippen LogP contribution in [0.3, 0.4) is 0 Å². The lowest BCUT2D eigenvalue weighted by Crippen LogP contribution is -2.20. The molecule has 0 saturated heterocycles. The average molecular weight is 369 g/mol. The number of hydrogen-bond acceptors (Lipinski definition) is 6. The average Bonchev–Trinajstić information content (AvgIpc) is 3.39. The van der Waals surface area contributed by atoms with Crippen LogP contribution in [0.2, 0.25) is 0 Å². The van der Waals surface area contributed by atoms with Crippen LogP contribution in [0.4, 0.5) is 5.13 Å². The van der Waals surface area contributed by atoms with E-state index in [1.807, 2.05) is 0 Å². The molecule has 7 nitrogen and oxygen atoms in total. The third kappa shape index (κ3) is 5.32. The third-order valence-electron chi connectivity index (χ3n) is 3.11. The minimum atomic E-state index is -0.312. The first-order chi connectivity index (χ1) is 12.7. The number of furan rings is 2. The number of rotatable bonds is 7. The number of nitrogens with zero attached hydrogens (tertiary/aromatic N) is 1. The molecule has 3 rings (SSSR count). The second-order valence-electron chi connectivity index (χ2n) is 5.05. The maximum Gasteiger partial charge on any atom is 0.250 e. The molecule has 2 amide bonds. The number of amides is 2. The highest BCUT2D eigenvalue weighted by atomic mass is 32.1. The van der Waals surface area contributed by atoms with Crippen molar-refractivity contribution in [3.05, 3.63) is 71.5 Å². The first kappa shape index (κ1) is 17.4. The summed E-state index contributed by atoms with van der Waals surface area (Å²) in [6.07, 6.45) is 8.95. The Morgan fingerprint density at radius 1 is 1.04 bits per heavy atom. The van der Waals surface area contributed by atoms with Crippen molar-refractivity contribution in [3.8, 4) is 0 Å². The molecule has 0 unspecified atom stereocenters. The van der Waals surface area contributed by atoms with Gasteiger partial charge in [0.2, 0.25) is 11.8 Å². The summed E-state index contributed by atoms with van der Waals surface area (Å²) in [6, 6.07) is 6.98. The summed E-state index contributed by atoms with van der Waals surface area (Å²) in [5.41, 5.74) is 0.653. The van der Waals surface area contributed by atoms with E-state index in [2.05, 4.69) is 15.6 Å². The van der Waals surface area contributed by atoms with E-state index < -0.39 is 0 Å². The summed E-state index contributed by atoms with van der Waals surface area (Å²) < 4.78 is 10.2. The Balaban J connectivity index is 1.45. The molecule has 0 aliphatic rings. The van der Waals surface area contributed by atoms with E-state index in [0.29, 0.717) is 22.3 Å². The van der Waals surface area contributed by atoms with Gasteiger partial charge in [-0.1, -0.05) is 0 Å². The van der Waals surface area contributed by atoms with E-state index in [0.717, 1.165) is 0 Å². The molecule has 26 heavy (non-hydrogen) atoms. The molecule has 0 aliphatic heterocycles. The molecule has 8 heteroatoms. The van der Waals surface area contributed by atoms with E-state index in [1.54, 1.807) is 41.8 Å². The summed E-state index contributed by atoms with van der Waals surface area (Å²) in [5.74, 6) is 0.612. The van der Waals surface area contributed by atoms with Crippen LogP contribution in [-0.2, 0) is 16.1 Å². The quantitative estimate of drug-likeness (QED) is 0.623. The molecule has 0 fully saturated rings. The maximum absolute atomic E-state index is 11.8. The molecule has 0 aromatic carbocycles. The van der Waals surface area contributed by atoms with Crippen molar-refractivity contribution in [1.82, 2.24) is 10.3 Å². The van der Waals surface area contributed by atoms with Crippen LogP contribution in [0.1, 0.15) is 17.2 Å². The summed E-state index contributed by atoms with van der Waals surface area (Å²) in [5, 5.41) is 7.59. The van der Waals surface area contributed by atoms with Gasteiger partial charge in [-0.25, -0.2) is 4.98 Å². The molecule has 0 bridgehead atoms. The standard InChI is InChI=1S/C18H15N3O4S/c22-16(7-5-14-3-1-9-24-14)19-11-13-12-26-18(20-13)21-17(23)8-6-15-4-2-10-25-15/h1-10,12H,11H2,(H,19,22)(H,20,21,23)/b7-5+,8-6+. The predicted octanol–water partition coefficient (Wildman–Crippen LogP) is 3.31. The lowest BCUT2D eigenvalue weighted by atomic mass is 10.4. The SMILES string of the molecule is O=C(/C=C/c1ccco1)NCc1csc(NC(=O)/C=C/c2ccco2)n1. The fourth-order valence-electron chi connectivity index (χ4n) is 1.92. The van der Waals surface area contributed by atoms with E-state index in [4.69, 9.17) is 8.83 Å². The number of anilines is 1. The minimum absolute atomic E-state index is 0.260. The monoisotopic (exact) mass is 369 g/mol. The Hall–Kier alpha value is -3.39. The van der Waals surface area contributed by atoms with Gasteiger partial charge in [-0.2, -0.15) is 0 Å². The molecule has 3 heterocycles. The van der Waals surface area contributed by atoms with E-state index in [1.165, 1.54) is 36.0 Å². The molecule has 3 aromatic rings. The Morgan fingerprint density at radius 2 is 1.69 bits per heavy atom.